The number of nitrogens with one attached hydrogen (secondary N) is 2. The number of imidazole rings is 1. The molecule has 0 unspecified atom stereocenters. The number of amides is 1. The summed E-state index contributed by atoms with van der Waals surface area (Å²) in [6.45, 7) is 1.71. The van der Waals surface area contributed by atoms with Gasteiger partial charge in [-0.15, -0.1) is 0 Å². The summed E-state index contributed by atoms with van der Waals surface area (Å²) in [5.74, 6) is -0.220. The fraction of sp³-hybridized carbons (Fsp3) is 0.200. The number of aromatic amines is 1. The highest BCUT2D eigenvalue weighted by molar-refractivity contribution is 5.76. The van der Waals surface area contributed by atoms with Gasteiger partial charge in [0.1, 0.15) is 18.2 Å². The van der Waals surface area contributed by atoms with E-state index in [1.165, 1.54) is 18.2 Å². The topological polar surface area (TPSA) is 92.7 Å². The van der Waals surface area contributed by atoms with Crippen LogP contribution in [0.5, 0.6) is 0 Å². The van der Waals surface area contributed by atoms with Crippen molar-refractivity contribution in [1.82, 2.24) is 25.1 Å². The van der Waals surface area contributed by atoms with Crippen molar-refractivity contribution in [3.05, 3.63) is 58.0 Å². The molecule has 2 heterocycles. The molecule has 0 aliphatic carbocycles. The summed E-state index contributed by atoms with van der Waals surface area (Å²) >= 11 is 0. The molecule has 0 radical (unpaired) electrons. The summed E-state index contributed by atoms with van der Waals surface area (Å²) in [6, 6.07) is 7.17. The Bertz CT molecular complexity index is 931. The van der Waals surface area contributed by atoms with Crippen molar-refractivity contribution in [2.45, 2.75) is 20.0 Å². The second-order valence-corrected chi connectivity index (χ2v) is 5.09. The zero-order valence-corrected chi connectivity index (χ0v) is 12.3. The van der Waals surface area contributed by atoms with Crippen LogP contribution in [0, 0.1) is 12.7 Å². The Morgan fingerprint density at radius 1 is 1.35 bits per heavy atom. The molecule has 8 heteroatoms. The third-order valence-corrected chi connectivity index (χ3v) is 3.24. The summed E-state index contributed by atoms with van der Waals surface area (Å²) in [4.78, 5) is 30.7. The van der Waals surface area contributed by atoms with Gasteiger partial charge in [-0.2, -0.15) is 5.10 Å². The SMILES string of the molecule is Cc1ccc(=O)n(CC(=O)NCc2nc3ccc(F)cc3[nH]2)n1. The fourth-order valence-electron chi connectivity index (χ4n) is 2.16. The highest BCUT2D eigenvalue weighted by Crippen LogP contribution is 2.12. The number of fused-ring (bicyclic) bond motifs is 1. The van der Waals surface area contributed by atoms with Gasteiger partial charge < -0.3 is 10.3 Å². The average Bonchev–Trinajstić information content (AvgIpc) is 2.91. The van der Waals surface area contributed by atoms with Crippen LogP contribution in [0.15, 0.2) is 35.1 Å². The van der Waals surface area contributed by atoms with E-state index in [1.807, 2.05) is 0 Å². The van der Waals surface area contributed by atoms with E-state index in [2.05, 4.69) is 20.4 Å². The molecule has 0 saturated carbocycles. The molecule has 2 aromatic heterocycles. The molecular weight excluding hydrogens is 301 g/mol. The van der Waals surface area contributed by atoms with Crippen LogP contribution in [-0.2, 0) is 17.9 Å². The lowest BCUT2D eigenvalue weighted by Crippen LogP contribution is -2.33. The minimum atomic E-state index is -0.364. The zero-order chi connectivity index (χ0) is 16.4. The van der Waals surface area contributed by atoms with Crippen molar-refractivity contribution < 1.29 is 9.18 Å². The number of carbonyl (C=O) groups excluding carboxylic acids is 1. The maximum Gasteiger partial charge on any atom is 0.267 e. The molecule has 3 rings (SSSR count). The molecule has 23 heavy (non-hydrogen) atoms. The second kappa shape index (κ2) is 5.99. The van der Waals surface area contributed by atoms with Gasteiger partial charge in [0.25, 0.3) is 5.56 Å². The Morgan fingerprint density at radius 3 is 3.00 bits per heavy atom. The van der Waals surface area contributed by atoms with E-state index in [1.54, 1.807) is 19.1 Å². The minimum Gasteiger partial charge on any atom is -0.347 e. The normalized spacial score (nSPS) is 10.9. The Kier molecular flexibility index (Phi) is 3.88. The van der Waals surface area contributed by atoms with Gasteiger partial charge in [0, 0.05) is 6.07 Å². The smallest absolute Gasteiger partial charge is 0.267 e. The van der Waals surface area contributed by atoms with Crippen LogP contribution in [0.1, 0.15) is 11.5 Å². The minimum absolute atomic E-state index is 0.149. The first-order valence-electron chi connectivity index (χ1n) is 6.97. The number of H-pyrrole nitrogens is 1. The van der Waals surface area contributed by atoms with Gasteiger partial charge in [-0.05, 0) is 31.2 Å². The summed E-state index contributed by atoms with van der Waals surface area (Å²) in [5, 5.41) is 6.63. The monoisotopic (exact) mass is 315 g/mol. The van der Waals surface area contributed by atoms with Crippen molar-refractivity contribution in [2.24, 2.45) is 0 Å². The van der Waals surface area contributed by atoms with E-state index < -0.39 is 0 Å². The lowest BCUT2D eigenvalue weighted by molar-refractivity contribution is -0.122. The van der Waals surface area contributed by atoms with Crippen LogP contribution in [0.4, 0.5) is 4.39 Å². The highest BCUT2D eigenvalue weighted by Gasteiger charge is 2.08. The number of rotatable bonds is 4. The molecular formula is C15H14FN5O2. The first kappa shape index (κ1) is 14.9. The summed E-state index contributed by atoms with van der Waals surface area (Å²) in [5.41, 5.74) is 1.49. The number of nitrogens with zero attached hydrogens (tertiary/aromatic N) is 3. The number of hydrogen-bond donors (Lipinski definition) is 2. The van der Waals surface area contributed by atoms with Crippen molar-refractivity contribution >= 4 is 16.9 Å². The van der Waals surface area contributed by atoms with Gasteiger partial charge in [0.05, 0.1) is 23.3 Å². The van der Waals surface area contributed by atoms with E-state index in [0.717, 1.165) is 4.68 Å². The van der Waals surface area contributed by atoms with E-state index >= 15 is 0 Å². The first-order valence-corrected chi connectivity index (χ1v) is 6.97. The third-order valence-electron chi connectivity index (χ3n) is 3.24. The molecule has 0 spiro atoms. The van der Waals surface area contributed by atoms with Gasteiger partial charge in [-0.25, -0.2) is 14.1 Å². The number of aryl methyl sites for hydroxylation is 1. The van der Waals surface area contributed by atoms with Gasteiger partial charge in [0.2, 0.25) is 5.91 Å². The molecule has 118 valence electrons. The van der Waals surface area contributed by atoms with Crippen molar-refractivity contribution in [2.75, 3.05) is 0 Å². The summed E-state index contributed by atoms with van der Waals surface area (Å²) in [7, 11) is 0. The molecule has 0 aliphatic heterocycles. The zero-order valence-electron chi connectivity index (χ0n) is 12.3. The first-order chi connectivity index (χ1) is 11.0. The maximum absolute atomic E-state index is 13.1. The largest absolute Gasteiger partial charge is 0.347 e. The van der Waals surface area contributed by atoms with Crippen LogP contribution in [0.25, 0.3) is 11.0 Å². The number of benzene rings is 1. The molecule has 0 aliphatic rings. The van der Waals surface area contributed by atoms with E-state index in [9.17, 15) is 14.0 Å². The molecule has 0 saturated heterocycles. The molecule has 1 amide bonds. The number of halogens is 1. The number of hydrogen-bond acceptors (Lipinski definition) is 4. The Balaban J connectivity index is 1.66. The van der Waals surface area contributed by atoms with Crippen molar-refractivity contribution in [3.63, 3.8) is 0 Å². The fourth-order valence-corrected chi connectivity index (χ4v) is 2.16. The molecule has 7 nitrogen and oxygen atoms in total. The van der Waals surface area contributed by atoms with Gasteiger partial charge in [-0.1, -0.05) is 0 Å². The van der Waals surface area contributed by atoms with Gasteiger partial charge >= 0.3 is 0 Å². The molecule has 3 aromatic rings. The quantitative estimate of drug-likeness (QED) is 0.747. The van der Waals surface area contributed by atoms with Gasteiger partial charge in [0.15, 0.2) is 0 Å². The lowest BCUT2D eigenvalue weighted by atomic mass is 10.3. The van der Waals surface area contributed by atoms with Crippen LogP contribution >= 0.6 is 0 Å². The lowest BCUT2D eigenvalue weighted by Gasteiger charge is -2.05. The van der Waals surface area contributed by atoms with Crippen LogP contribution in [-0.4, -0.2) is 25.7 Å². The van der Waals surface area contributed by atoms with E-state index in [0.29, 0.717) is 22.6 Å². The number of aromatic nitrogens is 4. The predicted molar refractivity (Wildman–Crippen MR) is 81.1 cm³/mol. The Morgan fingerprint density at radius 2 is 2.17 bits per heavy atom. The van der Waals surface area contributed by atoms with E-state index in [4.69, 9.17) is 0 Å². The molecule has 1 aromatic carbocycles. The van der Waals surface area contributed by atoms with Gasteiger partial charge in [-0.3, -0.25) is 9.59 Å². The second-order valence-electron chi connectivity index (χ2n) is 5.09. The van der Waals surface area contributed by atoms with Crippen molar-refractivity contribution in [1.29, 1.82) is 0 Å². The molecule has 0 atom stereocenters. The average molecular weight is 315 g/mol. The van der Waals surface area contributed by atoms with Crippen LogP contribution in [0.3, 0.4) is 0 Å². The highest BCUT2D eigenvalue weighted by atomic mass is 19.1. The van der Waals surface area contributed by atoms with Crippen LogP contribution < -0.4 is 10.9 Å². The Hall–Kier alpha value is -3.03. The molecule has 2 N–H and O–H groups in total. The third kappa shape index (κ3) is 3.42. The molecule has 0 fully saturated rings. The standard InChI is InChI=1S/C15H14FN5O2/c1-9-2-5-15(23)21(20-9)8-14(22)17-7-13-18-11-4-3-10(16)6-12(11)19-13/h2-6H,7-8H2,1H3,(H,17,22)(H,18,19). The maximum atomic E-state index is 13.1. The molecule has 0 bridgehead atoms. The summed E-state index contributed by atoms with van der Waals surface area (Å²) < 4.78 is 14.2. The van der Waals surface area contributed by atoms with E-state index in [-0.39, 0.29) is 30.4 Å². The van der Waals surface area contributed by atoms with Crippen LogP contribution in [0.2, 0.25) is 0 Å². The Labute approximate surface area is 130 Å². The van der Waals surface area contributed by atoms with Crippen molar-refractivity contribution in [3.8, 4) is 0 Å². The predicted octanol–water partition coefficient (Wildman–Crippen LogP) is 0.884. The summed E-state index contributed by atoms with van der Waals surface area (Å²) in [6.07, 6.45) is 0. The number of carbonyl (C=O) groups is 1.